The van der Waals surface area contributed by atoms with Crippen molar-refractivity contribution >= 4 is 11.9 Å². The Balaban J connectivity index is 1.71. The summed E-state index contributed by atoms with van der Waals surface area (Å²) < 4.78 is 10.8. The number of carbonyl (C=O) groups excluding carboxylic acids is 2. The minimum Gasteiger partial charge on any atom is -0.465 e. The summed E-state index contributed by atoms with van der Waals surface area (Å²) in [6.07, 6.45) is 2.06. The van der Waals surface area contributed by atoms with E-state index in [2.05, 4.69) is 23.6 Å². The molecule has 0 N–H and O–H groups in total. The van der Waals surface area contributed by atoms with Crippen LogP contribution in [0.25, 0.3) is 0 Å². The van der Waals surface area contributed by atoms with Crippen LogP contribution in [0.4, 0.5) is 0 Å². The SMILES string of the molecule is CCN(CC)CCN(CCC(=O)OCCc1ccccc1)CCC(=O)OCCc1ccccc1. The molecule has 0 fully saturated rings. The van der Waals surface area contributed by atoms with Crippen LogP contribution in [0.3, 0.4) is 0 Å². The van der Waals surface area contributed by atoms with E-state index in [0.717, 1.165) is 37.3 Å². The smallest absolute Gasteiger partial charge is 0.307 e. The third-order valence-electron chi connectivity index (χ3n) is 5.88. The molecule has 186 valence electrons. The van der Waals surface area contributed by atoms with Crippen LogP contribution in [0.2, 0.25) is 0 Å². The second kappa shape index (κ2) is 16.8. The van der Waals surface area contributed by atoms with E-state index in [1.165, 1.54) is 0 Å². The zero-order valence-electron chi connectivity index (χ0n) is 20.8. The Morgan fingerprint density at radius 3 is 1.44 bits per heavy atom. The first kappa shape index (κ1) is 27.5. The molecule has 0 aliphatic heterocycles. The molecule has 0 radical (unpaired) electrons. The van der Waals surface area contributed by atoms with Gasteiger partial charge in [-0.25, -0.2) is 0 Å². The lowest BCUT2D eigenvalue weighted by atomic mass is 10.2. The molecule has 0 aromatic heterocycles. The van der Waals surface area contributed by atoms with Crippen molar-refractivity contribution in [3.05, 3.63) is 71.8 Å². The zero-order valence-corrected chi connectivity index (χ0v) is 20.8. The van der Waals surface area contributed by atoms with E-state index in [1.807, 2.05) is 60.7 Å². The van der Waals surface area contributed by atoms with Crippen LogP contribution in [0.15, 0.2) is 60.7 Å². The molecule has 6 nitrogen and oxygen atoms in total. The monoisotopic (exact) mass is 468 g/mol. The molecule has 0 atom stereocenters. The Kier molecular flexibility index (Phi) is 13.6. The van der Waals surface area contributed by atoms with Crippen molar-refractivity contribution in [2.24, 2.45) is 0 Å². The van der Waals surface area contributed by atoms with E-state index in [9.17, 15) is 9.59 Å². The fraction of sp³-hybridized carbons (Fsp3) is 0.500. The maximum Gasteiger partial charge on any atom is 0.307 e. The summed E-state index contributed by atoms with van der Waals surface area (Å²) >= 11 is 0. The minimum atomic E-state index is -0.200. The van der Waals surface area contributed by atoms with E-state index in [4.69, 9.17) is 9.47 Å². The van der Waals surface area contributed by atoms with Crippen LogP contribution in [0, 0.1) is 0 Å². The van der Waals surface area contributed by atoms with Gasteiger partial charge >= 0.3 is 11.9 Å². The largest absolute Gasteiger partial charge is 0.465 e. The van der Waals surface area contributed by atoms with Gasteiger partial charge in [0.25, 0.3) is 0 Å². The second-order valence-corrected chi connectivity index (χ2v) is 8.28. The highest BCUT2D eigenvalue weighted by Crippen LogP contribution is 2.04. The standard InChI is InChI=1S/C28H40N2O4/c1-3-29(4-2)21-22-30(19-15-27(31)33-23-17-25-11-7-5-8-12-25)20-16-28(32)34-24-18-26-13-9-6-10-14-26/h5-14H,3-4,15-24H2,1-2H3. The van der Waals surface area contributed by atoms with Crippen LogP contribution < -0.4 is 0 Å². The molecular formula is C28H40N2O4. The van der Waals surface area contributed by atoms with Crippen LogP contribution in [-0.4, -0.2) is 74.2 Å². The number of hydrogen-bond donors (Lipinski definition) is 0. The van der Waals surface area contributed by atoms with E-state index in [0.29, 0.717) is 52.0 Å². The van der Waals surface area contributed by atoms with E-state index >= 15 is 0 Å². The van der Waals surface area contributed by atoms with Gasteiger partial charge in [0.1, 0.15) is 0 Å². The van der Waals surface area contributed by atoms with Gasteiger partial charge in [-0.3, -0.25) is 9.59 Å². The summed E-state index contributed by atoms with van der Waals surface area (Å²) in [6, 6.07) is 20.0. The van der Waals surface area contributed by atoms with Crippen molar-refractivity contribution in [3.63, 3.8) is 0 Å². The maximum absolute atomic E-state index is 12.3. The van der Waals surface area contributed by atoms with Crippen molar-refractivity contribution in [1.29, 1.82) is 0 Å². The molecule has 0 saturated heterocycles. The third-order valence-corrected chi connectivity index (χ3v) is 5.88. The summed E-state index contributed by atoms with van der Waals surface area (Å²) in [5.41, 5.74) is 2.31. The topological polar surface area (TPSA) is 59.1 Å². The first-order valence-electron chi connectivity index (χ1n) is 12.4. The van der Waals surface area contributed by atoms with E-state index in [-0.39, 0.29) is 11.9 Å². The van der Waals surface area contributed by atoms with Crippen LogP contribution >= 0.6 is 0 Å². The Morgan fingerprint density at radius 1 is 0.618 bits per heavy atom. The third kappa shape index (κ3) is 12.0. The van der Waals surface area contributed by atoms with Gasteiger partial charge in [-0.05, 0) is 24.2 Å². The number of rotatable bonds is 17. The quantitative estimate of drug-likeness (QED) is 0.327. The lowest BCUT2D eigenvalue weighted by Gasteiger charge is -2.25. The number of hydrogen-bond acceptors (Lipinski definition) is 6. The predicted octanol–water partition coefficient (Wildman–Crippen LogP) is 3.98. The Labute approximate surface area is 204 Å². The van der Waals surface area contributed by atoms with Crippen molar-refractivity contribution < 1.29 is 19.1 Å². The maximum atomic E-state index is 12.3. The molecule has 0 aliphatic rings. The van der Waals surface area contributed by atoms with E-state index < -0.39 is 0 Å². The fourth-order valence-corrected chi connectivity index (χ4v) is 3.66. The number of ether oxygens (including phenoxy) is 2. The molecule has 0 spiro atoms. The lowest BCUT2D eigenvalue weighted by molar-refractivity contribution is -0.144. The van der Waals surface area contributed by atoms with Gasteiger partial charge < -0.3 is 19.3 Å². The van der Waals surface area contributed by atoms with Gasteiger partial charge in [0.05, 0.1) is 26.1 Å². The first-order chi connectivity index (χ1) is 16.6. The molecule has 0 heterocycles. The molecule has 0 saturated carbocycles. The molecule has 6 heteroatoms. The van der Waals surface area contributed by atoms with E-state index in [1.54, 1.807) is 0 Å². The van der Waals surface area contributed by atoms with Crippen molar-refractivity contribution in [2.75, 3.05) is 52.5 Å². The Bertz CT molecular complexity index is 748. The molecule has 0 unspecified atom stereocenters. The second-order valence-electron chi connectivity index (χ2n) is 8.28. The number of benzene rings is 2. The van der Waals surface area contributed by atoms with Gasteiger partial charge in [-0.1, -0.05) is 74.5 Å². The number of nitrogens with zero attached hydrogens (tertiary/aromatic N) is 2. The van der Waals surface area contributed by atoms with Gasteiger partial charge in [-0.15, -0.1) is 0 Å². The van der Waals surface area contributed by atoms with Crippen LogP contribution in [0.5, 0.6) is 0 Å². The molecule has 2 aromatic carbocycles. The molecule has 34 heavy (non-hydrogen) atoms. The normalized spacial score (nSPS) is 11.1. The average Bonchev–Trinajstić information content (AvgIpc) is 2.87. The minimum absolute atomic E-state index is 0.200. The van der Waals surface area contributed by atoms with Crippen molar-refractivity contribution in [3.8, 4) is 0 Å². The Morgan fingerprint density at radius 2 is 1.03 bits per heavy atom. The summed E-state index contributed by atoms with van der Waals surface area (Å²) in [7, 11) is 0. The summed E-state index contributed by atoms with van der Waals surface area (Å²) in [5.74, 6) is -0.400. The number of carbonyl (C=O) groups is 2. The average molecular weight is 469 g/mol. The molecular weight excluding hydrogens is 428 g/mol. The summed E-state index contributed by atoms with van der Waals surface area (Å²) in [5, 5.41) is 0. The van der Waals surface area contributed by atoms with Crippen LogP contribution in [-0.2, 0) is 31.9 Å². The summed E-state index contributed by atoms with van der Waals surface area (Å²) in [4.78, 5) is 29.0. The van der Waals surface area contributed by atoms with Gasteiger partial charge in [0.2, 0.25) is 0 Å². The highest BCUT2D eigenvalue weighted by atomic mass is 16.5. The Hall–Kier alpha value is -2.70. The van der Waals surface area contributed by atoms with Gasteiger partial charge in [0, 0.05) is 39.0 Å². The van der Waals surface area contributed by atoms with Crippen molar-refractivity contribution in [2.45, 2.75) is 39.5 Å². The van der Waals surface area contributed by atoms with Gasteiger partial charge in [-0.2, -0.15) is 0 Å². The predicted molar refractivity (Wildman–Crippen MR) is 136 cm³/mol. The molecule has 0 amide bonds. The lowest BCUT2D eigenvalue weighted by Crippen LogP contribution is -2.37. The van der Waals surface area contributed by atoms with Crippen molar-refractivity contribution in [1.82, 2.24) is 9.80 Å². The first-order valence-corrected chi connectivity index (χ1v) is 12.4. The molecule has 0 aliphatic carbocycles. The number of esters is 2. The molecule has 2 aromatic rings. The zero-order chi connectivity index (χ0) is 24.4. The molecule has 0 bridgehead atoms. The number of likely N-dealkylation sites (N-methyl/N-ethyl adjacent to an activating group) is 1. The highest BCUT2D eigenvalue weighted by Gasteiger charge is 2.13. The highest BCUT2D eigenvalue weighted by molar-refractivity contribution is 5.70. The summed E-state index contributed by atoms with van der Waals surface area (Å²) in [6.45, 7) is 9.86. The molecule has 2 rings (SSSR count). The van der Waals surface area contributed by atoms with Gasteiger partial charge in [0.15, 0.2) is 0 Å². The van der Waals surface area contributed by atoms with Crippen LogP contribution in [0.1, 0.15) is 37.8 Å². The fourth-order valence-electron chi connectivity index (χ4n) is 3.66.